The molecule has 1 saturated heterocycles. The molecule has 0 aromatic rings. The van der Waals surface area contributed by atoms with Crippen molar-refractivity contribution in [1.82, 2.24) is 9.80 Å². The Morgan fingerprint density at radius 1 is 1.42 bits per heavy atom. The van der Waals surface area contributed by atoms with Crippen LogP contribution in [0.5, 0.6) is 0 Å². The Hall–Kier alpha value is -0.0800. The lowest BCUT2D eigenvalue weighted by Gasteiger charge is -2.22. The Labute approximate surface area is 76.5 Å². The van der Waals surface area contributed by atoms with Crippen molar-refractivity contribution >= 4 is 0 Å². The summed E-state index contributed by atoms with van der Waals surface area (Å²) in [6.45, 7) is 4.82. The zero-order valence-corrected chi connectivity index (χ0v) is 8.88. The highest BCUT2D eigenvalue weighted by Gasteiger charge is 2.28. The second-order valence-corrected chi connectivity index (χ2v) is 4.37. The third-order valence-corrected chi connectivity index (χ3v) is 2.93. The summed E-state index contributed by atoms with van der Waals surface area (Å²) in [5.41, 5.74) is 0. The molecule has 12 heavy (non-hydrogen) atoms. The minimum atomic E-state index is 0.796. The molecule has 72 valence electrons. The fourth-order valence-electron chi connectivity index (χ4n) is 2.13. The second-order valence-electron chi connectivity index (χ2n) is 4.37. The van der Waals surface area contributed by atoms with Gasteiger partial charge in [0.05, 0.1) is 0 Å². The average Bonchev–Trinajstić information content (AvgIpc) is 2.31. The molecule has 2 unspecified atom stereocenters. The van der Waals surface area contributed by atoms with Gasteiger partial charge in [-0.3, -0.25) is 0 Å². The molecule has 0 saturated carbocycles. The van der Waals surface area contributed by atoms with Gasteiger partial charge in [-0.25, -0.2) is 0 Å². The van der Waals surface area contributed by atoms with Crippen molar-refractivity contribution in [1.29, 1.82) is 0 Å². The van der Waals surface area contributed by atoms with E-state index in [0.29, 0.717) is 0 Å². The maximum Gasteiger partial charge on any atom is 0.0223 e. The third-order valence-electron chi connectivity index (χ3n) is 2.93. The van der Waals surface area contributed by atoms with E-state index in [0.717, 1.165) is 12.0 Å². The quantitative estimate of drug-likeness (QED) is 0.629. The van der Waals surface area contributed by atoms with Gasteiger partial charge >= 0.3 is 0 Å². The summed E-state index contributed by atoms with van der Waals surface area (Å²) < 4.78 is 0. The van der Waals surface area contributed by atoms with E-state index in [1.54, 1.807) is 0 Å². The third kappa shape index (κ3) is 2.46. The topological polar surface area (TPSA) is 6.48 Å². The van der Waals surface area contributed by atoms with E-state index in [1.807, 2.05) is 0 Å². The summed E-state index contributed by atoms with van der Waals surface area (Å²) in [5, 5.41) is 0. The highest BCUT2D eigenvalue weighted by molar-refractivity contribution is 4.83. The van der Waals surface area contributed by atoms with Gasteiger partial charge in [0, 0.05) is 19.1 Å². The summed E-state index contributed by atoms with van der Waals surface area (Å²) in [5.74, 6) is 0.944. The lowest BCUT2D eigenvalue weighted by atomic mass is 10.0. The lowest BCUT2D eigenvalue weighted by Crippen LogP contribution is -2.34. The molecule has 0 N–H and O–H groups in total. The van der Waals surface area contributed by atoms with Gasteiger partial charge in [0.2, 0.25) is 0 Å². The van der Waals surface area contributed by atoms with Crippen molar-refractivity contribution in [2.75, 3.05) is 34.2 Å². The van der Waals surface area contributed by atoms with Crippen molar-refractivity contribution in [2.24, 2.45) is 5.92 Å². The summed E-state index contributed by atoms with van der Waals surface area (Å²) in [7, 11) is 6.57. The number of rotatable bonds is 3. The van der Waals surface area contributed by atoms with Gasteiger partial charge in [-0.1, -0.05) is 13.3 Å². The molecular formula is C10H22N2. The van der Waals surface area contributed by atoms with Crippen LogP contribution in [-0.2, 0) is 0 Å². The van der Waals surface area contributed by atoms with Gasteiger partial charge in [-0.2, -0.15) is 0 Å². The van der Waals surface area contributed by atoms with Gasteiger partial charge in [-0.15, -0.1) is 0 Å². The molecule has 0 amide bonds. The molecule has 0 bridgehead atoms. The molecule has 0 spiro atoms. The fourth-order valence-corrected chi connectivity index (χ4v) is 2.13. The van der Waals surface area contributed by atoms with Crippen LogP contribution in [0.15, 0.2) is 0 Å². The zero-order valence-electron chi connectivity index (χ0n) is 8.88. The highest BCUT2D eigenvalue weighted by Crippen LogP contribution is 2.23. The number of hydrogen-bond acceptors (Lipinski definition) is 2. The van der Waals surface area contributed by atoms with Gasteiger partial charge in [0.25, 0.3) is 0 Å². The Kier molecular flexibility index (Phi) is 3.53. The van der Waals surface area contributed by atoms with Crippen LogP contribution in [0.25, 0.3) is 0 Å². The van der Waals surface area contributed by atoms with E-state index in [9.17, 15) is 0 Å². The molecule has 1 aliphatic heterocycles. The number of hydrogen-bond donors (Lipinski definition) is 0. The van der Waals surface area contributed by atoms with Crippen molar-refractivity contribution in [3.8, 4) is 0 Å². The molecule has 0 aliphatic carbocycles. The predicted molar refractivity (Wildman–Crippen MR) is 53.4 cm³/mol. The van der Waals surface area contributed by atoms with E-state index in [4.69, 9.17) is 0 Å². The zero-order chi connectivity index (χ0) is 9.14. The normalized spacial score (nSPS) is 31.8. The Bertz CT molecular complexity index is 134. The van der Waals surface area contributed by atoms with Gasteiger partial charge in [0.1, 0.15) is 0 Å². The van der Waals surface area contributed by atoms with E-state index >= 15 is 0 Å². The van der Waals surface area contributed by atoms with E-state index in [1.165, 1.54) is 25.9 Å². The first-order valence-electron chi connectivity index (χ1n) is 4.98. The van der Waals surface area contributed by atoms with Crippen LogP contribution >= 0.6 is 0 Å². The highest BCUT2D eigenvalue weighted by atomic mass is 15.2. The summed E-state index contributed by atoms with van der Waals surface area (Å²) in [6, 6.07) is 0.796. The number of likely N-dealkylation sites (N-methyl/N-ethyl adjacent to an activating group) is 2. The monoisotopic (exact) mass is 170 g/mol. The first kappa shape index (κ1) is 10.0. The van der Waals surface area contributed by atoms with Gasteiger partial charge < -0.3 is 9.80 Å². The smallest absolute Gasteiger partial charge is 0.0223 e. The minimum Gasteiger partial charge on any atom is -0.308 e. The van der Waals surface area contributed by atoms with Crippen LogP contribution in [0, 0.1) is 5.92 Å². The molecule has 2 heteroatoms. The van der Waals surface area contributed by atoms with Crippen LogP contribution < -0.4 is 0 Å². The number of nitrogens with zero attached hydrogens (tertiary/aromatic N) is 2. The van der Waals surface area contributed by atoms with Crippen LogP contribution in [0.1, 0.15) is 19.8 Å². The molecule has 2 nitrogen and oxygen atoms in total. The summed E-state index contributed by atoms with van der Waals surface area (Å²) in [4.78, 5) is 4.80. The molecule has 1 fully saturated rings. The SMILES string of the molecule is CCC1CC(CN(C)C)N(C)C1. The molecular weight excluding hydrogens is 148 g/mol. The minimum absolute atomic E-state index is 0.796. The molecule has 0 aromatic heterocycles. The van der Waals surface area contributed by atoms with Crippen molar-refractivity contribution < 1.29 is 0 Å². The van der Waals surface area contributed by atoms with E-state index < -0.39 is 0 Å². The molecule has 1 aliphatic rings. The van der Waals surface area contributed by atoms with Crippen LogP contribution in [0.2, 0.25) is 0 Å². The predicted octanol–water partition coefficient (Wildman–Crippen LogP) is 1.28. The lowest BCUT2D eigenvalue weighted by molar-refractivity contribution is 0.243. The maximum atomic E-state index is 2.51. The summed E-state index contributed by atoms with van der Waals surface area (Å²) >= 11 is 0. The Balaban J connectivity index is 2.35. The fraction of sp³-hybridized carbons (Fsp3) is 1.00. The van der Waals surface area contributed by atoms with Crippen LogP contribution in [0.4, 0.5) is 0 Å². The molecule has 1 rings (SSSR count). The van der Waals surface area contributed by atoms with Crippen LogP contribution in [-0.4, -0.2) is 50.1 Å². The van der Waals surface area contributed by atoms with Crippen molar-refractivity contribution in [3.05, 3.63) is 0 Å². The first-order valence-corrected chi connectivity index (χ1v) is 4.98. The van der Waals surface area contributed by atoms with E-state index in [-0.39, 0.29) is 0 Å². The van der Waals surface area contributed by atoms with E-state index in [2.05, 4.69) is 37.9 Å². The molecule has 1 heterocycles. The maximum absolute atomic E-state index is 2.51. The molecule has 2 atom stereocenters. The second kappa shape index (κ2) is 4.24. The Morgan fingerprint density at radius 3 is 2.50 bits per heavy atom. The largest absolute Gasteiger partial charge is 0.308 e. The summed E-state index contributed by atoms with van der Waals surface area (Å²) in [6.07, 6.45) is 2.74. The number of likely N-dealkylation sites (tertiary alicyclic amines) is 1. The van der Waals surface area contributed by atoms with Crippen molar-refractivity contribution in [3.63, 3.8) is 0 Å². The standard InChI is InChI=1S/C10H22N2/c1-5-9-6-10(8-11(2)3)12(4)7-9/h9-10H,5-8H2,1-4H3. The average molecular weight is 170 g/mol. The Morgan fingerprint density at radius 2 is 2.08 bits per heavy atom. The van der Waals surface area contributed by atoms with Crippen LogP contribution in [0.3, 0.4) is 0 Å². The molecule has 0 aromatic carbocycles. The first-order chi connectivity index (χ1) is 5.63. The van der Waals surface area contributed by atoms with Crippen molar-refractivity contribution in [2.45, 2.75) is 25.8 Å². The van der Waals surface area contributed by atoms with Gasteiger partial charge in [0.15, 0.2) is 0 Å². The molecule has 0 radical (unpaired) electrons. The van der Waals surface area contributed by atoms with Gasteiger partial charge in [-0.05, 0) is 33.5 Å².